The molecule has 8 nitrogen and oxygen atoms in total. The molecule has 2 amide bonds. The van der Waals surface area contributed by atoms with Crippen molar-refractivity contribution in [1.29, 1.82) is 0 Å². The summed E-state index contributed by atoms with van der Waals surface area (Å²) in [6, 6.07) is 20.1. The minimum atomic E-state index is -1.06. The number of hydrogen-bond donors (Lipinski definition) is 0. The van der Waals surface area contributed by atoms with E-state index in [2.05, 4.69) is 0 Å². The smallest absolute Gasteiger partial charge is 0.339 e. The van der Waals surface area contributed by atoms with E-state index >= 15 is 0 Å². The number of pyridine rings is 1. The number of aromatic nitrogens is 1. The first-order valence-electron chi connectivity index (χ1n) is 13.9. The number of carbonyl (C=O) groups excluding carboxylic acids is 4. The van der Waals surface area contributed by atoms with Crippen LogP contribution < -0.4 is 9.64 Å². The number of esters is 1. The number of allylic oxidation sites excluding steroid dienone is 2. The number of rotatable bonds is 7. The largest absolute Gasteiger partial charge is 0.497 e. The molecule has 2 heterocycles. The molecule has 1 aromatic heterocycles. The molecule has 0 spiro atoms. The number of halogens is 1. The zero-order valence-electron chi connectivity index (χ0n) is 23.5. The molecule has 3 unspecified atom stereocenters. The van der Waals surface area contributed by atoms with E-state index < -0.39 is 12.1 Å². The van der Waals surface area contributed by atoms with Gasteiger partial charge in [0.15, 0.2) is 6.10 Å². The molecule has 0 bridgehead atoms. The summed E-state index contributed by atoms with van der Waals surface area (Å²) in [5, 5.41) is 0.822. The molecule has 0 saturated carbocycles. The summed E-state index contributed by atoms with van der Waals surface area (Å²) in [6.07, 6.45) is 3.98. The van der Waals surface area contributed by atoms with Crippen LogP contribution in [0.2, 0.25) is 5.02 Å². The topological polar surface area (TPSA) is 103 Å². The predicted octanol–water partition coefficient (Wildman–Crippen LogP) is 6.45. The maximum Gasteiger partial charge on any atom is 0.339 e. The minimum Gasteiger partial charge on any atom is -0.497 e. The van der Waals surface area contributed by atoms with Crippen LogP contribution in [0.4, 0.5) is 5.69 Å². The van der Waals surface area contributed by atoms with Crippen molar-refractivity contribution >= 4 is 51.8 Å². The lowest BCUT2D eigenvalue weighted by Crippen LogP contribution is -2.30. The van der Waals surface area contributed by atoms with Crippen LogP contribution in [0.25, 0.3) is 22.2 Å². The Balaban J connectivity index is 1.29. The van der Waals surface area contributed by atoms with Gasteiger partial charge in [0.2, 0.25) is 17.6 Å². The number of fused-ring (bicyclic) bond motifs is 2. The molecular formula is C34H27ClN2O6. The maximum absolute atomic E-state index is 13.5. The Morgan fingerprint density at radius 2 is 1.58 bits per heavy atom. The molecule has 43 heavy (non-hydrogen) atoms. The van der Waals surface area contributed by atoms with Crippen LogP contribution in [0.3, 0.4) is 0 Å². The van der Waals surface area contributed by atoms with Gasteiger partial charge in [-0.3, -0.25) is 19.3 Å². The summed E-state index contributed by atoms with van der Waals surface area (Å²) in [4.78, 5) is 58.5. The summed E-state index contributed by atoms with van der Waals surface area (Å²) >= 11 is 6.49. The Kier molecular flexibility index (Phi) is 7.54. The number of hydrogen-bond acceptors (Lipinski definition) is 7. The molecule has 3 atom stereocenters. The van der Waals surface area contributed by atoms with E-state index in [0.29, 0.717) is 57.0 Å². The van der Waals surface area contributed by atoms with E-state index in [0.717, 1.165) is 0 Å². The van der Waals surface area contributed by atoms with Gasteiger partial charge in [-0.25, -0.2) is 9.78 Å². The Morgan fingerprint density at radius 1 is 0.930 bits per heavy atom. The second-order valence-electron chi connectivity index (χ2n) is 10.5. The van der Waals surface area contributed by atoms with Crippen LogP contribution in [-0.2, 0) is 14.3 Å². The van der Waals surface area contributed by atoms with Crippen LogP contribution in [0, 0.1) is 11.8 Å². The third-order valence-electron chi connectivity index (χ3n) is 7.97. The van der Waals surface area contributed by atoms with Crippen LogP contribution in [-0.4, -0.2) is 41.8 Å². The number of ketones is 1. The summed E-state index contributed by atoms with van der Waals surface area (Å²) in [5.41, 5.74) is 2.54. The van der Waals surface area contributed by atoms with Gasteiger partial charge < -0.3 is 9.47 Å². The molecule has 9 heteroatoms. The Bertz CT molecular complexity index is 1770. The van der Waals surface area contributed by atoms with Gasteiger partial charge in [-0.1, -0.05) is 48.0 Å². The van der Waals surface area contributed by atoms with Gasteiger partial charge in [0.1, 0.15) is 5.75 Å². The SMILES string of the molecule is COc1ccc(C(=O)C(C)OC(=O)c2cc(-c3ccc(N4C(=O)C5CC=CCC5C4=O)cc3)nc3c(Cl)cccc23)cc1. The number of methoxy groups -OCH3 is 1. The van der Waals surface area contributed by atoms with Crippen LogP contribution in [0.5, 0.6) is 5.75 Å². The predicted molar refractivity (Wildman–Crippen MR) is 162 cm³/mol. The Labute approximate surface area is 252 Å². The first-order valence-corrected chi connectivity index (χ1v) is 14.3. The lowest BCUT2D eigenvalue weighted by molar-refractivity contribution is -0.122. The summed E-state index contributed by atoms with van der Waals surface area (Å²) in [6.45, 7) is 1.52. The van der Waals surface area contributed by atoms with Crippen molar-refractivity contribution in [2.45, 2.75) is 25.9 Å². The molecular weight excluding hydrogens is 568 g/mol. The molecule has 3 aromatic carbocycles. The number of anilines is 1. The zero-order valence-corrected chi connectivity index (χ0v) is 24.2. The van der Waals surface area contributed by atoms with E-state index in [9.17, 15) is 19.2 Å². The quantitative estimate of drug-likeness (QED) is 0.105. The third-order valence-corrected chi connectivity index (χ3v) is 8.27. The monoisotopic (exact) mass is 594 g/mol. The van der Waals surface area contributed by atoms with Crippen molar-refractivity contribution in [3.05, 3.63) is 101 Å². The number of nitrogens with zero attached hydrogens (tertiary/aromatic N) is 2. The zero-order chi connectivity index (χ0) is 30.2. The first kappa shape index (κ1) is 28.3. The standard InChI is InChI=1S/C34H27ClN2O6/c1-19(31(38)21-12-16-23(42-2)17-13-21)43-34(41)27-18-29(36-30-24(27)8-5-9-28(30)35)20-10-14-22(15-11-20)37-32(39)25-6-3-4-7-26(25)33(37)40/h3-5,8-19,25-26H,6-7H2,1-2H3. The number of para-hydroxylation sites is 1. The molecule has 0 radical (unpaired) electrons. The van der Waals surface area contributed by atoms with Crippen molar-refractivity contribution < 1.29 is 28.7 Å². The van der Waals surface area contributed by atoms with Crippen molar-refractivity contribution in [3.8, 4) is 17.0 Å². The average Bonchev–Trinajstić information content (AvgIpc) is 3.29. The summed E-state index contributed by atoms with van der Waals surface area (Å²) in [7, 11) is 1.54. The van der Waals surface area contributed by atoms with E-state index in [1.165, 1.54) is 18.9 Å². The first-order chi connectivity index (χ1) is 20.8. The number of ether oxygens (including phenoxy) is 2. The fourth-order valence-electron chi connectivity index (χ4n) is 5.63. The fourth-order valence-corrected chi connectivity index (χ4v) is 5.85. The van der Waals surface area contributed by atoms with Crippen LogP contribution >= 0.6 is 11.6 Å². The maximum atomic E-state index is 13.5. The molecule has 0 N–H and O–H groups in total. The normalized spacial score (nSPS) is 18.4. The van der Waals surface area contributed by atoms with E-state index in [-0.39, 0.29) is 35.0 Å². The highest BCUT2D eigenvalue weighted by molar-refractivity contribution is 6.35. The average molecular weight is 595 g/mol. The number of carbonyl (C=O) groups is 4. The molecule has 4 aromatic rings. The lowest BCUT2D eigenvalue weighted by atomic mass is 9.85. The molecule has 1 fully saturated rings. The highest BCUT2D eigenvalue weighted by Gasteiger charge is 2.47. The molecule has 1 saturated heterocycles. The van der Waals surface area contributed by atoms with Crippen LogP contribution in [0.15, 0.2) is 84.9 Å². The molecule has 2 aliphatic rings. The van der Waals surface area contributed by atoms with Gasteiger partial charge >= 0.3 is 5.97 Å². The Hall–Kier alpha value is -4.82. The van der Waals surface area contributed by atoms with Crippen molar-refractivity contribution in [2.75, 3.05) is 12.0 Å². The lowest BCUT2D eigenvalue weighted by Gasteiger charge is -2.16. The third kappa shape index (κ3) is 5.19. The number of Topliss-reactive ketones (excluding diaryl/α,β-unsaturated/α-hetero) is 1. The van der Waals surface area contributed by atoms with E-state index in [4.69, 9.17) is 26.1 Å². The number of benzene rings is 3. The molecule has 6 rings (SSSR count). The van der Waals surface area contributed by atoms with E-state index in [1.54, 1.807) is 72.8 Å². The van der Waals surface area contributed by atoms with Crippen molar-refractivity contribution in [1.82, 2.24) is 4.98 Å². The molecule has 216 valence electrons. The highest BCUT2D eigenvalue weighted by Crippen LogP contribution is 2.38. The van der Waals surface area contributed by atoms with Crippen LogP contribution in [0.1, 0.15) is 40.5 Å². The summed E-state index contributed by atoms with van der Waals surface area (Å²) in [5.74, 6) is -1.48. The fraction of sp³-hybridized carbons (Fsp3) is 0.206. The molecule has 1 aliphatic carbocycles. The number of imide groups is 1. The van der Waals surface area contributed by atoms with Gasteiger partial charge in [-0.15, -0.1) is 0 Å². The van der Waals surface area contributed by atoms with Gasteiger partial charge in [0, 0.05) is 16.5 Å². The van der Waals surface area contributed by atoms with E-state index in [1.807, 2.05) is 12.2 Å². The minimum absolute atomic E-state index is 0.189. The van der Waals surface area contributed by atoms with Gasteiger partial charge in [-0.05, 0) is 68.3 Å². The van der Waals surface area contributed by atoms with Crippen molar-refractivity contribution in [3.63, 3.8) is 0 Å². The van der Waals surface area contributed by atoms with Gasteiger partial charge in [0.05, 0.1) is 46.4 Å². The highest BCUT2D eigenvalue weighted by atomic mass is 35.5. The second kappa shape index (κ2) is 11.5. The van der Waals surface area contributed by atoms with Gasteiger partial charge in [0.25, 0.3) is 0 Å². The Morgan fingerprint density at radius 3 is 2.21 bits per heavy atom. The number of amides is 2. The molecule has 1 aliphatic heterocycles. The van der Waals surface area contributed by atoms with Crippen molar-refractivity contribution in [2.24, 2.45) is 11.8 Å². The second-order valence-corrected chi connectivity index (χ2v) is 11.0. The summed E-state index contributed by atoms with van der Waals surface area (Å²) < 4.78 is 10.8. The van der Waals surface area contributed by atoms with Gasteiger partial charge in [-0.2, -0.15) is 0 Å².